The maximum atomic E-state index is 13.8. The number of amides is 1. The normalized spacial score (nSPS) is 10.6. The number of H-pyrrole nitrogens is 1. The maximum absolute atomic E-state index is 13.8. The van der Waals surface area contributed by atoms with Crippen molar-refractivity contribution in [2.45, 2.75) is 6.92 Å². The van der Waals surface area contributed by atoms with Crippen LogP contribution in [0.3, 0.4) is 0 Å². The molecule has 0 saturated heterocycles. The fourth-order valence-corrected chi connectivity index (χ4v) is 2.47. The van der Waals surface area contributed by atoms with Crippen LogP contribution < -0.4 is 10.1 Å². The Morgan fingerprint density at radius 2 is 1.96 bits per heavy atom. The van der Waals surface area contributed by atoms with Gasteiger partial charge in [-0.25, -0.2) is 8.78 Å². The molecular formula is C18H15F2N3O2. The number of hydrogen-bond donors (Lipinski definition) is 2. The van der Waals surface area contributed by atoms with Gasteiger partial charge in [0.05, 0.1) is 24.1 Å². The predicted octanol–water partition coefficient (Wildman–Crippen LogP) is 3.92. The van der Waals surface area contributed by atoms with Crippen LogP contribution in [0.2, 0.25) is 0 Å². The number of para-hydroxylation sites is 1. The van der Waals surface area contributed by atoms with Gasteiger partial charge in [0, 0.05) is 11.6 Å². The standard InChI is InChI=1S/C18H15F2N3O2/c1-10-16(21-18(24)12-8-7-11(19)9-14(12)20)17(23-22-10)13-5-3-4-6-15(13)25-2/h3-9H,1-2H3,(H,21,24)(H,22,23). The Labute approximate surface area is 142 Å². The Balaban J connectivity index is 1.99. The number of aromatic amines is 1. The number of aryl methyl sites for hydroxylation is 1. The van der Waals surface area contributed by atoms with E-state index >= 15 is 0 Å². The summed E-state index contributed by atoms with van der Waals surface area (Å²) in [5.74, 6) is -1.80. The summed E-state index contributed by atoms with van der Waals surface area (Å²) in [5, 5.41) is 9.63. The van der Waals surface area contributed by atoms with E-state index in [1.165, 1.54) is 7.11 Å². The molecule has 0 aliphatic heterocycles. The molecule has 0 saturated carbocycles. The predicted molar refractivity (Wildman–Crippen MR) is 89.6 cm³/mol. The molecule has 0 spiro atoms. The van der Waals surface area contributed by atoms with E-state index in [4.69, 9.17) is 4.74 Å². The van der Waals surface area contributed by atoms with E-state index in [0.29, 0.717) is 34.5 Å². The Bertz CT molecular complexity index is 938. The Kier molecular flexibility index (Phi) is 4.47. The van der Waals surface area contributed by atoms with Crippen molar-refractivity contribution in [3.8, 4) is 17.0 Å². The largest absolute Gasteiger partial charge is 0.496 e. The van der Waals surface area contributed by atoms with E-state index in [-0.39, 0.29) is 5.56 Å². The first-order valence-electron chi connectivity index (χ1n) is 7.46. The molecule has 5 nitrogen and oxygen atoms in total. The Morgan fingerprint density at radius 1 is 1.20 bits per heavy atom. The van der Waals surface area contributed by atoms with E-state index in [1.807, 2.05) is 12.1 Å². The number of nitrogens with one attached hydrogen (secondary N) is 2. The second-order valence-corrected chi connectivity index (χ2v) is 5.35. The number of carbonyl (C=O) groups is 1. The fraction of sp³-hybridized carbons (Fsp3) is 0.111. The lowest BCUT2D eigenvalue weighted by Gasteiger charge is -2.10. The molecular weight excluding hydrogens is 328 g/mol. The Morgan fingerprint density at radius 3 is 2.68 bits per heavy atom. The number of ether oxygens (including phenoxy) is 1. The van der Waals surface area contributed by atoms with Crippen molar-refractivity contribution in [1.29, 1.82) is 0 Å². The number of halogens is 2. The van der Waals surface area contributed by atoms with Gasteiger partial charge in [-0.2, -0.15) is 5.10 Å². The zero-order chi connectivity index (χ0) is 18.0. The van der Waals surface area contributed by atoms with Gasteiger partial charge < -0.3 is 10.1 Å². The average molecular weight is 343 g/mol. The summed E-state index contributed by atoms with van der Waals surface area (Å²) in [6.07, 6.45) is 0. The van der Waals surface area contributed by atoms with E-state index in [9.17, 15) is 13.6 Å². The molecule has 2 aromatic carbocycles. The lowest BCUT2D eigenvalue weighted by Crippen LogP contribution is -2.15. The van der Waals surface area contributed by atoms with E-state index in [1.54, 1.807) is 19.1 Å². The van der Waals surface area contributed by atoms with Crippen molar-refractivity contribution >= 4 is 11.6 Å². The summed E-state index contributed by atoms with van der Waals surface area (Å²) in [4.78, 5) is 12.4. The molecule has 0 radical (unpaired) electrons. The number of nitrogens with zero attached hydrogens (tertiary/aromatic N) is 1. The highest BCUT2D eigenvalue weighted by atomic mass is 19.1. The quantitative estimate of drug-likeness (QED) is 0.754. The smallest absolute Gasteiger partial charge is 0.258 e. The molecule has 1 aromatic heterocycles. The average Bonchev–Trinajstić information content (AvgIpc) is 2.95. The van der Waals surface area contributed by atoms with Crippen LogP contribution in [0.15, 0.2) is 42.5 Å². The minimum Gasteiger partial charge on any atom is -0.496 e. The summed E-state index contributed by atoms with van der Waals surface area (Å²) in [7, 11) is 1.53. The summed E-state index contributed by atoms with van der Waals surface area (Å²) in [6, 6.07) is 9.98. The van der Waals surface area contributed by atoms with Gasteiger partial charge in [-0.15, -0.1) is 0 Å². The number of carbonyl (C=O) groups excluding carboxylic acids is 1. The molecule has 0 atom stereocenters. The number of rotatable bonds is 4. The third-order valence-corrected chi connectivity index (χ3v) is 3.72. The number of hydrogen-bond acceptors (Lipinski definition) is 3. The number of benzene rings is 2. The molecule has 0 bridgehead atoms. The van der Waals surface area contributed by atoms with Crippen LogP contribution in [-0.2, 0) is 0 Å². The van der Waals surface area contributed by atoms with Gasteiger partial charge in [-0.05, 0) is 31.2 Å². The molecule has 1 amide bonds. The SMILES string of the molecule is COc1ccccc1-c1n[nH]c(C)c1NC(=O)c1ccc(F)cc1F. The van der Waals surface area contributed by atoms with Gasteiger partial charge in [-0.1, -0.05) is 12.1 Å². The second kappa shape index (κ2) is 6.72. The van der Waals surface area contributed by atoms with Crippen molar-refractivity contribution in [2.24, 2.45) is 0 Å². The van der Waals surface area contributed by atoms with Gasteiger partial charge in [-0.3, -0.25) is 9.89 Å². The molecule has 0 unspecified atom stereocenters. The highest BCUT2D eigenvalue weighted by Gasteiger charge is 2.20. The minimum atomic E-state index is -0.933. The number of aromatic nitrogens is 2. The summed E-state index contributed by atoms with van der Waals surface area (Å²) in [6.45, 7) is 1.72. The third kappa shape index (κ3) is 3.21. The molecule has 2 N–H and O–H groups in total. The molecule has 0 fully saturated rings. The highest BCUT2D eigenvalue weighted by molar-refractivity contribution is 6.06. The molecule has 128 valence electrons. The zero-order valence-corrected chi connectivity index (χ0v) is 13.6. The van der Waals surface area contributed by atoms with Gasteiger partial charge in [0.15, 0.2) is 0 Å². The molecule has 0 aliphatic carbocycles. The summed E-state index contributed by atoms with van der Waals surface area (Å²) in [5.41, 5.74) is 1.87. The second-order valence-electron chi connectivity index (χ2n) is 5.35. The van der Waals surface area contributed by atoms with Gasteiger partial charge >= 0.3 is 0 Å². The number of methoxy groups -OCH3 is 1. The summed E-state index contributed by atoms with van der Waals surface area (Å²) < 4.78 is 32.2. The van der Waals surface area contributed by atoms with Crippen LogP contribution in [0.5, 0.6) is 5.75 Å². The van der Waals surface area contributed by atoms with Crippen molar-refractivity contribution in [3.63, 3.8) is 0 Å². The molecule has 1 heterocycles. The zero-order valence-electron chi connectivity index (χ0n) is 13.6. The van der Waals surface area contributed by atoms with Crippen LogP contribution in [0.25, 0.3) is 11.3 Å². The monoisotopic (exact) mass is 343 g/mol. The maximum Gasteiger partial charge on any atom is 0.258 e. The van der Waals surface area contributed by atoms with Gasteiger partial charge in [0.25, 0.3) is 5.91 Å². The first-order valence-corrected chi connectivity index (χ1v) is 7.46. The van der Waals surface area contributed by atoms with E-state index in [2.05, 4.69) is 15.5 Å². The summed E-state index contributed by atoms with van der Waals surface area (Å²) >= 11 is 0. The third-order valence-electron chi connectivity index (χ3n) is 3.72. The molecule has 3 aromatic rings. The first kappa shape index (κ1) is 16.6. The molecule has 25 heavy (non-hydrogen) atoms. The highest BCUT2D eigenvalue weighted by Crippen LogP contribution is 2.35. The van der Waals surface area contributed by atoms with Crippen molar-refractivity contribution in [1.82, 2.24) is 10.2 Å². The van der Waals surface area contributed by atoms with Gasteiger partial charge in [0.1, 0.15) is 23.1 Å². The molecule has 7 heteroatoms. The Hall–Kier alpha value is -3.22. The first-order chi connectivity index (χ1) is 12.0. The lowest BCUT2D eigenvalue weighted by atomic mass is 10.1. The van der Waals surface area contributed by atoms with Crippen LogP contribution in [-0.4, -0.2) is 23.2 Å². The fourth-order valence-electron chi connectivity index (χ4n) is 2.47. The van der Waals surface area contributed by atoms with Crippen molar-refractivity contribution < 1.29 is 18.3 Å². The van der Waals surface area contributed by atoms with Gasteiger partial charge in [0.2, 0.25) is 0 Å². The van der Waals surface area contributed by atoms with Crippen LogP contribution in [0, 0.1) is 18.6 Å². The van der Waals surface area contributed by atoms with Crippen molar-refractivity contribution in [3.05, 3.63) is 65.4 Å². The lowest BCUT2D eigenvalue weighted by molar-refractivity contribution is 0.102. The number of anilines is 1. The topological polar surface area (TPSA) is 67.0 Å². The van der Waals surface area contributed by atoms with Crippen LogP contribution in [0.4, 0.5) is 14.5 Å². The van der Waals surface area contributed by atoms with Crippen LogP contribution in [0.1, 0.15) is 16.1 Å². The minimum absolute atomic E-state index is 0.257. The molecule has 0 aliphatic rings. The van der Waals surface area contributed by atoms with E-state index in [0.717, 1.165) is 12.1 Å². The van der Waals surface area contributed by atoms with Crippen molar-refractivity contribution in [2.75, 3.05) is 12.4 Å². The molecule has 3 rings (SSSR count). The van der Waals surface area contributed by atoms with E-state index < -0.39 is 17.5 Å². The van der Waals surface area contributed by atoms with Crippen LogP contribution >= 0.6 is 0 Å².